The Morgan fingerprint density at radius 2 is 1.90 bits per heavy atom. The summed E-state index contributed by atoms with van der Waals surface area (Å²) < 4.78 is 5.02. The van der Waals surface area contributed by atoms with Gasteiger partial charge in [0.2, 0.25) is 0 Å². The van der Waals surface area contributed by atoms with E-state index in [9.17, 15) is 9.59 Å². The highest BCUT2D eigenvalue weighted by molar-refractivity contribution is 6.00. The van der Waals surface area contributed by atoms with Crippen molar-refractivity contribution in [1.29, 1.82) is 0 Å². The summed E-state index contributed by atoms with van der Waals surface area (Å²) in [6.07, 6.45) is 0. The van der Waals surface area contributed by atoms with Gasteiger partial charge >= 0.3 is 5.97 Å². The molecule has 0 aromatic carbocycles. The number of esters is 1. The second-order valence-corrected chi connectivity index (χ2v) is 5.42. The van der Waals surface area contributed by atoms with Crippen molar-refractivity contribution in [2.24, 2.45) is 5.92 Å². The van der Waals surface area contributed by atoms with Gasteiger partial charge in [0.15, 0.2) is 0 Å². The lowest BCUT2D eigenvalue weighted by molar-refractivity contribution is 0.0525. The average molecular weight is 280 g/mol. The maximum atomic E-state index is 12.4. The van der Waals surface area contributed by atoms with E-state index in [4.69, 9.17) is 4.74 Å². The zero-order valence-electron chi connectivity index (χ0n) is 13.2. The van der Waals surface area contributed by atoms with Crippen molar-refractivity contribution in [3.63, 3.8) is 0 Å². The first-order chi connectivity index (χ1) is 9.29. The highest BCUT2D eigenvalue weighted by Crippen LogP contribution is 2.20. The van der Waals surface area contributed by atoms with Crippen LogP contribution < -0.4 is 0 Å². The fourth-order valence-electron chi connectivity index (χ4n) is 2.29. The molecular formula is C15H24N2O3. The van der Waals surface area contributed by atoms with Crippen LogP contribution in [0.15, 0.2) is 0 Å². The summed E-state index contributed by atoms with van der Waals surface area (Å²) in [6, 6.07) is 0. The molecule has 20 heavy (non-hydrogen) atoms. The molecule has 1 rings (SSSR count). The third-order valence-electron chi connectivity index (χ3n) is 3.12. The largest absolute Gasteiger partial charge is 0.462 e. The number of amides is 1. The number of carbonyl (C=O) groups is 2. The standard InChI is InChI=1S/C15H24N2O3/c1-7-20-15(19)12-10(4)13(16-11(12)5)14(18)17(6)8-9(2)3/h9,16H,7-8H2,1-6H3. The second kappa shape index (κ2) is 6.59. The second-order valence-electron chi connectivity index (χ2n) is 5.42. The molecule has 0 fully saturated rings. The monoisotopic (exact) mass is 280 g/mol. The number of nitrogens with zero attached hydrogens (tertiary/aromatic N) is 1. The highest BCUT2D eigenvalue weighted by Gasteiger charge is 2.24. The van der Waals surface area contributed by atoms with Crippen molar-refractivity contribution >= 4 is 11.9 Å². The number of aryl methyl sites for hydroxylation is 1. The van der Waals surface area contributed by atoms with E-state index in [1.165, 1.54) is 0 Å². The molecule has 0 unspecified atom stereocenters. The zero-order chi connectivity index (χ0) is 15.4. The van der Waals surface area contributed by atoms with Gasteiger partial charge in [0, 0.05) is 19.3 Å². The van der Waals surface area contributed by atoms with E-state index in [-0.39, 0.29) is 11.9 Å². The fourth-order valence-corrected chi connectivity index (χ4v) is 2.29. The summed E-state index contributed by atoms with van der Waals surface area (Å²) in [5.74, 6) is -0.0935. The number of hydrogen-bond acceptors (Lipinski definition) is 3. The number of aromatic nitrogens is 1. The van der Waals surface area contributed by atoms with Gasteiger partial charge in [-0.2, -0.15) is 0 Å². The summed E-state index contributed by atoms with van der Waals surface area (Å²) in [6.45, 7) is 10.4. The minimum atomic E-state index is -0.385. The topological polar surface area (TPSA) is 62.4 Å². The molecule has 0 saturated carbocycles. The number of hydrogen-bond donors (Lipinski definition) is 1. The van der Waals surface area contributed by atoms with Crippen LogP contribution in [0.5, 0.6) is 0 Å². The van der Waals surface area contributed by atoms with Crippen molar-refractivity contribution in [2.45, 2.75) is 34.6 Å². The number of carbonyl (C=O) groups excluding carboxylic acids is 2. The lowest BCUT2D eigenvalue weighted by Gasteiger charge is -2.19. The number of H-pyrrole nitrogens is 1. The van der Waals surface area contributed by atoms with Crippen LogP contribution >= 0.6 is 0 Å². The van der Waals surface area contributed by atoms with Crippen molar-refractivity contribution in [2.75, 3.05) is 20.2 Å². The molecule has 0 atom stereocenters. The first kappa shape index (κ1) is 16.3. The summed E-state index contributed by atoms with van der Waals surface area (Å²) >= 11 is 0. The van der Waals surface area contributed by atoms with Gasteiger partial charge in [0.1, 0.15) is 5.69 Å². The molecule has 1 heterocycles. The van der Waals surface area contributed by atoms with Gasteiger partial charge in [-0.15, -0.1) is 0 Å². The first-order valence-electron chi connectivity index (χ1n) is 6.91. The van der Waals surface area contributed by atoms with Crippen LogP contribution in [0.1, 0.15) is 52.9 Å². The number of ether oxygens (including phenoxy) is 1. The van der Waals surface area contributed by atoms with Gasteiger partial charge < -0.3 is 14.6 Å². The van der Waals surface area contributed by atoms with Crippen LogP contribution in [0.3, 0.4) is 0 Å². The normalized spacial score (nSPS) is 10.8. The minimum Gasteiger partial charge on any atom is -0.462 e. The van der Waals surface area contributed by atoms with Crippen molar-refractivity contribution in [3.8, 4) is 0 Å². The van der Waals surface area contributed by atoms with Gasteiger partial charge in [0.05, 0.1) is 12.2 Å². The van der Waals surface area contributed by atoms with E-state index in [1.807, 2.05) is 0 Å². The molecule has 0 radical (unpaired) electrons. The molecule has 5 heteroatoms. The minimum absolute atomic E-state index is 0.102. The molecule has 0 aliphatic heterocycles. The Kier molecular flexibility index (Phi) is 5.36. The molecule has 0 saturated heterocycles. The highest BCUT2D eigenvalue weighted by atomic mass is 16.5. The predicted molar refractivity (Wildman–Crippen MR) is 78.0 cm³/mol. The summed E-state index contributed by atoms with van der Waals surface area (Å²) in [7, 11) is 1.77. The van der Waals surface area contributed by atoms with Gasteiger partial charge in [0.25, 0.3) is 5.91 Å². The maximum absolute atomic E-state index is 12.4. The molecular weight excluding hydrogens is 256 g/mol. The Morgan fingerprint density at radius 3 is 2.40 bits per heavy atom. The van der Waals surface area contributed by atoms with Crippen molar-refractivity contribution in [1.82, 2.24) is 9.88 Å². The molecule has 1 aromatic rings. The van der Waals surface area contributed by atoms with Crippen LogP contribution in [0.25, 0.3) is 0 Å². The van der Waals surface area contributed by atoms with Crippen LogP contribution in [-0.2, 0) is 4.74 Å². The van der Waals surface area contributed by atoms with Crippen molar-refractivity contribution in [3.05, 3.63) is 22.5 Å². The molecule has 1 N–H and O–H groups in total. The Balaban J connectivity index is 3.06. The van der Waals surface area contributed by atoms with Crippen LogP contribution in [-0.4, -0.2) is 42.0 Å². The van der Waals surface area contributed by atoms with E-state index < -0.39 is 0 Å². The zero-order valence-corrected chi connectivity index (χ0v) is 13.2. The maximum Gasteiger partial charge on any atom is 0.340 e. The van der Waals surface area contributed by atoms with Gasteiger partial charge in [-0.1, -0.05) is 13.8 Å². The number of rotatable bonds is 5. The molecule has 112 valence electrons. The average Bonchev–Trinajstić information content (AvgIpc) is 2.63. The SMILES string of the molecule is CCOC(=O)c1c(C)[nH]c(C(=O)N(C)CC(C)C)c1C. The quantitative estimate of drug-likeness (QED) is 0.843. The van der Waals surface area contributed by atoms with Crippen LogP contribution in [0.2, 0.25) is 0 Å². The molecule has 5 nitrogen and oxygen atoms in total. The summed E-state index contributed by atoms with van der Waals surface area (Å²) in [4.78, 5) is 29.0. The molecule has 1 amide bonds. The Labute approximate surface area is 120 Å². The van der Waals surface area contributed by atoms with Gasteiger partial charge in [-0.05, 0) is 32.3 Å². The number of aromatic amines is 1. The molecule has 0 aliphatic carbocycles. The van der Waals surface area contributed by atoms with Crippen LogP contribution in [0, 0.1) is 19.8 Å². The lowest BCUT2D eigenvalue weighted by atomic mass is 10.1. The molecule has 0 bridgehead atoms. The first-order valence-corrected chi connectivity index (χ1v) is 6.91. The summed E-state index contributed by atoms with van der Waals surface area (Å²) in [5, 5.41) is 0. The molecule has 1 aromatic heterocycles. The lowest BCUT2D eigenvalue weighted by Crippen LogP contribution is -2.31. The van der Waals surface area contributed by atoms with E-state index in [2.05, 4.69) is 18.8 Å². The predicted octanol–water partition coefficient (Wildman–Crippen LogP) is 2.54. The van der Waals surface area contributed by atoms with E-state index in [0.717, 1.165) is 0 Å². The van der Waals surface area contributed by atoms with E-state index in [0.29, 0.717) is 41.6 Å². The Morgan fingerprint density at radius 1 is 1.30 bits per heavy atom. The Hall–Kier alpha value is -1.78. The smallest absolute Gasteiger partial charge is 0.340 e. The van der Waals surface area contributed by atoms with Gasteiger partial charge in [-0.3, -0.25) is 4.79 Å². The van der Waals surface area contributed by atoms with Crippen LogP contribution in [0.4, 0.5) is 0 Å². The molecule has 0 aliphatic rings. The fraction of sp³-hybridized carbons (Fsp3) is 0.600. The summed E-state index contributed by atoms with van der Waals surface area (Å²) in [5.41, 5.74) is 2.26. The van der Waals surface area contributed by atoms with E-state index >= 15 is 0 Å². The van der Waals surface area contributed by atoms with Crippen molar-refractivity contribution < 1.29 is 14.3 Å². The third-order valence-corrected chi connectivity index (χ3v) is 3.12. The Bertz CT molecular complexity index is 503. The third kappa shape index (κ3) is 3.40. The van der Waals surface area contributed by atoms with E-state index in [1.54, 1.807) is 32.7 Å². The molecule has 0 spiro atoms. The number of nitrogens with one attached hydrogen (secondary N) is 1. The van der Waals surface area contributed by atoms with Gasteiger partial charge in [-0.25, -0.2) is 4.79 Å².